The number of nitrogens with zero attached hydrogens (tertiary/aromatic N) is 2. The number of hydrogen-bond acceptors (Lipinski definition) is 3. The summed E-state index contributed by atoms with van der Waals surface area (Å²) in [7, 11) is 0. The molecular formula is C15H24BrN3O. The summed E-state index contributed by atoms with van der Waals surface area (Å²) in [6, 6.07) is 6.25. The summed E-state index contributed by atoms with van der Waals surface area (Å²) in [5, 5.41) is 12.2. The Bertz CT molecular complexity index is 460. The van der Waals surface area contributed by atoms with Crippen molar-refractivity contribution >= 4 is 27.5 Å². The van der Waals surface area contributed by atoms with E-state index in [0.717, 1.165) is 28.7 Å². The largest absolute Gasteiger partial charge is 0.409 e. The van der Waals surface area contributed by atoms with Crippen LogP contribution in [0.4, 0.5) is 5.69 Å². The molecule has 0 atom stereocenters. The van der Waals surface area contributed by atoms with Gasteiger partial charge >= 0.3 is 0 Å². The van der Waals surface area contributed by atoms with E-state index >= 15 is 0 Å². The lowest BCUT2D eigenvalue weighted by Crippen LogP contribution is -2.34. The molecule has 5 heteroatoms. The Labute approximate surface area is 129 Å². The molecule has 112 valence electrons. The highest BCUT2D eigenvalue weighted by Gasteiger charge is 2.18. The van der Waals surface area contributed by atoms with Gasteiger partial charge in [-0.1, -0.05) is 31.0 Å². The third-order valence-electron chi connectivity index (χ3n) is 3.29. The Morgan fingerprint density at radius 2 is 2.10 bits per heavy atom. The fourth-order valence-corrected chi connectivity index (χ4v) is 2.80. The van der Waals surface area contributed by atoms with Crippen LogP contribution in [0.3, 0.4) is 0 Å². The van der Waals surface area contributed by atoms with Gasteiger partial charge in [-0.3, -0.25) is 0 Å². The highest BCUT2D eigenvalue weighted by molar-refractivity contribution is 9.10. The first kappa shape index (κ1) is 16.8. The van der Waals surface area contributed by atoms with Crippen LogP contribution in [0, 0.1) is 0 Å². The Morgan fingerprint density at radius 1 is 1.40 bits per heavy atom. The van der Waals surface area contributed by atoms with E-state index in [1.165, 1.54) is 12.8 Å². The average Bonchev–Trinajstić information content (AvgIpc) is 2.42. The molecule has 0 radical (unpaired) electrons. The van der Waals surface area contributed by atoms with Gasteiger partial charge < -0.3 is 15.8 Å². The number of hydrogen-bond donors (Lipinski definition) is 2. The Morgan fingerprint density at radius 3 is 2.65 bits per heavy atom. The van der Waals surface area contributed by atoms with Gasteiger partial charge in [0.2, 0.25) is 0 Å². The van der Waals surface area contributed by atoms with Crippen molar-refractivity contribution in [1.29, 1.82) is 0 Å². The van der Waals surface area contributed by atoms with Gasteiger partial charge in [0, 0.05) is 22.7 Å². The molecule has 3 N–H and O–H groups in total. The third-order valence-corrected chi connectivity index (χ3v) is 3.95. The lowest BCUT2D eigenvalue weighted by molar-refractivity contribution is 0.318. The highest BCUT2D eigenvalue weighted by atomic mass is 79.9. The van der Waals surface area contributed by atoms with Crippen molar-refractivity contribution in [3.63, 3.8) is 0 Å². The van der Waals surface area contributed by atoms with Gasteiger partial charge in [0.1, 0.15) is 0 Å². The van der Waals surface area contributed by atoms with E-state index < -0.39 is 0 Å². The molecule has 0 bridgehead atoms. The van der Waals surface area contributed by atoms with Crippen molar-refractivity contribution in [1.82, 2.24) is 0 Å². The predicted molar refractivity (Wildman–Crippen MR) is 88.7 cm³/mol. The summed E-state index contributed by atoms with van der Waals surface area (Å²) in [5.41, 5.74) is 7.58. The van der Waals surface area contributed by atoms with Crippen molar-refractivity contribution in [2.75, 3.05) is 11.4 Å². The van der Waals surface area contributed by atoms with Gasteiger partial charge in [-0.15, -0.1) is 0 Å². The fourth-order valence-electron chi connectivity index (χ4n) is 2.24. The van der Waals surface area contributed by atoms with E-state index in [4.69, 9.17) is 10.9 Å². The minimum absolute atomic E-state index is 0.133. The van der Waals surface area contributed by atoms with Crippen LogP contribution in [0.1, 0.15) is 45.6 Å². The molecule has 0 fully saturated rings. The first-order valence-corrected chi connectivity index (χ1v) is 7.85. The molecule has 0 amide bonds. The second-order valence-corrected chi connectivity index (χ2v) is 5.97. The van der Waals surface area contributed by atoms with Crippen molar-refractivity contribution < 1.29 is 5.21 Å². The molecule has 0 aliphatic heterocycles. The van der Waals surface area contributed by atoms with Crippen LogP contribution in [-0.2, 0) is 0 Å². The molecular weight excluding hydrogens is 318 g/mol. The van der Waals surface area contributed by atoms with Crippen LogP contribution in [0.5, 0.6) is 0 Å². The van der Waals surface area contributed by atoms with Crippen LogP contribution >= 0.6 is 15.9 Å². The van der Waals surface area contributed by atoms with Gasteiger partial charge in [-0.05, 0) is 48.3 Å². The number of oxime groups is 1. The molecule has 0 aliphatic rings. The SMILES string of the molecule is CCCCCN(c1cccc(Br)c1/C(N)=N/O)C(C)C. The second-order valence-electron chi connectivity index (χ2n) is 5.11. The zero-order valence-electron chi connectivity index (χ0n) is 12.4. The average molecular weight is 342 g/mol. The topological polar surface area (TPSA) is 61.8 Å². The van der Waals surface area contributed by atoms with Crippen molar-refractivity contribution in [3.05, 3.63) is 28.2 Å². The third kappa shape index (κ3) is 4.13. The molecule has 0 saturated heterocycles. The summed E-state index contributed by atoms with van der Waals surface area (Å²) in [6.07, 6.45) is 3.53. The summed E-state index contributed by atoms with van der Waals surface area (Å²) in [4.78, 5) is 2.30. The molecule has 0 heterocycles. The summed E-state index contributed by atoms with van der Waals surface area (Å²) in [5.74, 6) is 0.133. The smallest absolute Gasteiger partial charge is 0.173 e. The maximum absolute atomic E-state index is 9.00. The van der Waals surface area contributed by atoms with E-state index in [9.17, 15) is 0 Å². The van der Waals surface area contributed by atoms with Crippen LogP contribution in [0.15, 0.2) is 27.8 Å². The number of nitrogens with two attached hydrogens (primary N) is 1. The van der Waals surface area contributed by atoms with Gasteiger partial charge in [-0.25, -0.2) is 0 Å². The number of benzene rings is 1. The lowest BCUT2D eigenvalue weighted by Gasteiger charge is -2.31. The molecule has 1 aromatic rings. The Kier molecular flexibility index (Phi) is 6.85. The van der Waals surface area contributed by atoms with Crippen LogP contribution in [0.2, 0.25) is 0 Å². The Hall–Kier alpha value is -1.23. The minimum Gasteiger partial charge on any atom is -0.409 e. The van der Waals surface area contributed by atoms with E-state index in [1.54, 1.807) is 0 Å². The van der Waals surface area contributed by atoms with Gasteiger partial charge in [0.25, 0.3) is 0 Å². The lowest BCUT2D eigenvalue weighted by atomic mass is 10.1. The van der Waals surface area contributed by atoms with Crippen molar-refractivity contribution in [3.8, 4) is 0 Å². The van der Waals surface area contributed by atoms with Crippen LogP contribution in [0.25, 0.3) is 0 Å². The summed E-state index contributed by atoms with van der Waals surface area (Å²) in [6.45, 7) is 7.47. The minimum atomic E-state index is 0.133. The molecule has 4 nitrogen and oxygen atoms in total. The maximum Gasteiger partial charge on any atom is 0.173 e. The van der Waals surface area contributed by atoms with E-state index in [2.05, 4.69) is 46.8 Å². The van der Waals surface area contributed by atoms with Gasteiger partial charge in [0.15, 0.2) is 5.84 Å². The van der Waals surface area contributed by atoms with Gasteiger partial charge in [0.05, 0.1) is 5.56 Å². The summed E-state index contributed by atoms with van der Waals surface area (Å²) >= 11 is 3.49. The number of rotatable bonds is 7. The van der Waals surface area contributed by atoms with Crippen LogP contribution in [-0.4, -0.2) is 23.6 Å². The zero-order valence-corrected chi connectivity index (χ0v) is 14.0. The summed E-state index contributed by atoms with van der Waals surface area (Å²) < 4.78 is 0.839. The molecule has 0 aromatic heterocycles. The first-order chi connectivity index (χ1) is 9.52. The fraction of sp³-hybridized carbons (Fsp3) is 0.533. The molecule has 0 spiro atoms. The standard InChI is InChI=1S/C15H24BrN3O/c1-4-5-6-10-19(11(2)3)13-9-7-8-12(16)14(13)15(17)18-20/h7-9,11,20H,4-6,10H2,1-3H3,(H2,17,18). The molecule has 0 saturated carbocycles. The highest BCUT2D eigenvalue weighted by Crippen LogP contribution is 2.29. The normalized spacial score (nSPS) is 11.9. The van der Waals surface area contributed by atoms with E-state index in [0.29, 0.717) is 6.04 Å². The number of amidine groups is 1. The quantitative estimate of drug-likeness (QED) is 0.259. The first-order valence-electron chi connectivity index (χ1n) is 7.06. The zero-order chi connectivity index (χ0) is 15.1. The molecule has 0 unspecified atom stereocenters. The molecule has 1 aromatic carbocycles. The maximum atomic E-state index is 9.00. The second kappa shape index (κ2) is 8.15. The molecule has 20 heavy (non-hydrogen) atoms. The van der Waals surface area contributed by atoms with Crippen LogP contribution < -0.4 is 10.6 Å². The number of halogens is 1. The van der Waals surface area contributed by atoms with E-state index in [-0.39, 0.29) is 5.84 Å². The van der Waals surface area contributed by atoms with Crippen molar-refractivity contribution in [2.45, 2.75) is 46.1 Å². The molecule has 1 rings (SSSR count). The Balaban J connectivity index is 3.16. The van der Waals surface area contributed by atoms with Crippen molar-refractivity contribution in [2.24, 2.45) is 10.9 Å². The molecule has 0 aliphatic carbocycles. The number of anilines is 1. The predicted octanol–water partition coefficient (Wildman–Crippen LogP) is 3.95. The monoisotopic (exact) mass is 341 g/mol. The van der Waals surface area contributed by atoms with Gasteiger partial charge in [-0.2, -0.15) is 0 Å². The van der Waals surface area contributed by atoms with E-state index in [1.807, 2.05) is 18.2 Å². The number of unbranched alkanes of at least 4 members (excludes halogenated alkanes) is 2.